The van der Waals surface area contributed by atoms with Crippen molar-refractivity contribution in [3.05, 3.63) is 29.1 Å². The Balaban J connectivity index is 2.50. The van der Waals surface area contributed by atoms with Crippen molar-refractivity contribution in [1.82, 2.24) is 14.9 Å². The molecule has 0 aliphatic heterocycles. The van der Waals surface area contributed by atoms with E-state index in [2.05, 4.69) is 10.3 Å². The molecule has 7 heteroatoms. The Bertz CT molecular complexity index is 636. The van der Waals surface area contributed by atoms with Crippen LogP contribution in [-0.2, 0) is 17.8 Å². The number of carbonyl (C=O) groups excluding carboxylic acids is 1. The predicted molar refractivity (Wildman–Crippen MR) is 73.6 cm³/mol. The highest BCUT2D eigenvalue weighted by Gasteiger charge is 2.15. The quantitative estimate of drug-likeness (QED) is 0.474. The van der Waals surface area contributed by atoms with E-state index in [9.17, 15) is 9.90 Å². The van der Waals surface area contributed by atoms with Gasteiger partial charge in [-0.25, -0.2) is 10.5 Å². The maximum Gasteiger partial charge on any atom is 0.262 e. The van der Waals surface area contributed by atoms with Crippen LogP contribution < -0.4 is 10.8 Å². The van der Waals surface area contributed by atoms with Gasteiger partial charge in [0.15, 0.2) is 5.82 Å². The van der Waals surface area contributed by atoms with Gasteiger partial charge in [0.2, 0.25) is 0 Å². The zero-order valence-corrected chi connectivity index (χ0v) is 11.5. The molecule has 7 nitrogen and oxygen atoms in total. The second kappa shape index (κ2) is 5.89. The summed E-state index contributed by atoms with van der Waals surface area (Å²) in [7, 11) is 0. The van der Waals surface area contributed by atoms with Crippen LogP contribution in [0, 0.1) is 6.92 Å². The fourth-order valence-corrected chi connectivity index (χ4v) is 2.19. The smallest absolute Gasteiger partial charge is 0.262 e. The number of anilines is 1. The molecule has 0 atom stereocenters. The van der Waals surface area contributed by atoms with E-state index in [1.165, 1.54) is 0 Å². The van der Waals surface area contributed by atoms with Gasteiger partial charge in [-0.1, -0.05) is 13.0 Å². The van der Waals surface area contributed by atoms with E-state index < -0.39 is 5.91 Å². The first kappa shape index (κ1) is 14.3. The number of aryl methyl sites for hydroxylation is 2. The number of rotatable bonds is 5. The number of aliphatic hydroxyl groups is 1. The molecular formula is C13H18N4O3. The number of carbonyl (C=O) groups is 1. The molecule has 0 aromatic carbocycles. The Hall–Kier alpha value is -2.12. The first-order chi connectivity index (χ1) is 9.62. The molecule has 2 aromatic rings. The lowest BCUT2D eigenvalue weighted by Crippen LogP contribution is -2.27. The van der Waals surface area contributed by atoms with Crippen molar-refractivity contribution in [2.75, 3.05) is 11.9 Å². The highest BCUT2D eigenvalue weighted by atomic mass is 16.5. The lowest BCUT2D eigenvalue weighted by atomic mass is 10.2. The SMILES string of the molecule is CCc1ccc(C)n2c(CO)c(NCC(=O)NO)nc12. The first-order valence-corrected chi connectivity index (χ1v) is 6.39. The summed E-state index contributed by atoms with van der Waals surface area (Å²) in [5.74, 6) is -0.126. The molecule has 4 N–H and O–H groups in total. The minimum Gasteiger partial charge on any atom is -0.390 e. The maximum absolute atomic E-state index is 11.1. The summed E-state index contributed by atoms with van der Waals surface area (Å²) < 4.78 is 1.87. The van der Waals surface area contributed by atoms with Crippen LogP contribution in [0.25, 0.3) is 5.65 Å². The molecule has 0 saturated carbocycles. The fraction of sp³-hybridized carbons (Fsp3) is 0.385. The molecule has 0 bridgehead atoms. The fourth-order valence-electron chi connectivity index (χ4n) is 2.19. The van der Waals surface area contributed by atoms with Gasteiger partial charge in [-0.3, -0.25) is 14.4 Å². The molecule has 0 radical (unpaired) electrons. The number of nitrogens with zero attached hydrogens (tertiary/aromatic N) is 2. The van der Waals surface area contributed by atoms with Gasteiger partial charge in [-0.15, -0.1) is 0 Å². The Kier molecular flexibility index (Phi) is 4.21. The van der Waals surface area contributed by atoms with Crippen LogP contribution in [0.5, 0.6) is 0 Å². The zero-order chi connectivity index (χ0) is 14.7. The molecule has 0 unspecified atom stereocenters. The summed E-state index contributed by atoms with van der Waals surface area (Å²) in [4.78, 5) is 15.5. The van der Waals surface area contributed by atoms with Gasteiger partial charge in [0.05, 0.1) is 18.8 Å². The topological polar surface area (TPSA) is 98.9 Å². The number of amides is 1. The van der Waals surface area contributed by atoms with E-state index in [1.54, 1.807) is 5.48 Å². The number of aliphatic hydroxyl groups excluding tert-OH is 1. The van der Waals surface area contributed by atoms with Gasteiger partial charge < -0.3 is 10.4 Å². The van der Waals surface area contributed by atoms with Crippen LogP contribution in [0.15, 0.2) is 12.1 Å². The summed E-state index contributed by atoms with van der Waals surface area (Å²) >= 11 is 0. The minimum atomic E-state index is -0.571. The van der Waals surface area contributed by atoms with E-state index in [1.807, 2.05) is 30.4 Å². The molecule has 0 spiro atoms. The number of aromatic nitrogens is 2. The predicted octanol–water partition coefficient (Wildman–Crippen LogP) is 0.615. The van der Waals surface area contributed by atoms with Gasteiger partial charge >= 0.3 is 0 Å². The third-order valence-corrected chi connectivity index (χ3v) is 3.21. The standard InChI is InChI=1S/C13H18N4O3/c1-3-9-5-4-8(2)17-10(7-18)12(15-13(9)17)14-6-11(19)16-20/h4-5,14,18,20H,3,6-7H2,1-2H3,(H,16,19). The number of hydrogen-bond donors (Lipinski definition) is 4. The number of hydroxylamine groups is 1. The van der Waals surface area contributed by atoms with Gasteiger partial charge in [0, 0.05) is 5.69 Å². The summed E-state index contributed by atoms with van der Waals surface area (Å²) in [6.45, 7) is 3.65. The summed E-state index contributed by atoms with van der Waals surface area (Å²) in [6.07, 6.45) is 0.822. The largest absolute Gasteiger partial charge is 0.390 e. The van der Waals surface area contributed by atoms with Crippen LogP contribution in [0.2, 0.25) is 0 Å². The second-order valence-corrected chi connectivity index (χ2v) is 4.47. The van der Waals surface area contributed by atoms with Crippen LogP contribution >= 0.6 is 0 Å². The normalized spacial score (nSPS) is 10.8. The molecule has 1 amide bonds. The van der Waals surface area contributed by atoms with E-state index in [-0.39, 0.29) is 13.2 Å². The summed E-state index contributed by atoms with van der Waals surface area (Å²) in [6, 6.07) is 3.97. The molecule has 0 fully saturated rings. The van der Waals surface area contributed by atoms with Gasteiger partial charge in [-0.2, -0.15) is 0 Å². The van der Waals surface area contributed by atoms with Crippen molar-refractivity contribution in [3.8, 4) is 0 Å². The molecule has 0 aliphatic carbocycles. The average Bonchev–Trinajstić information content (AvgIpc) is 2.84. The third-order valence-electron chi connectivity index (χ3n) is 3.21. The zero-order valence-electron chi connectivity index (χ0n) is 11.5. The Morgan fingerprint density at radius 3 is 2.80 bits per heavy atom. The Morgan fingerprint density at radius 2 is 2.20 bits per heavy atom. The third kappa shape index (κ3) is 2.45. The lowest BCUT2D eigenvalue weighted by molar-refractivity contribution is -0.127. The summed E-state index contributed by atoms with van der Waals surface area (Å²) in [5.41, 5.74) is 4.92. The number of hydrogen-bond acceptors (Lipinski definition) is 5. The number of nitrogens with one attached hydrogen (secondary N) is 2. The maximum atomic E-state index is 11.1. The number of pyridine rings is 1. The highest BCUT2D eigenvalue weighted by Crippen LogP contribution is 2.22. The van der Waals surface area contributed by atoms with Crippen molar-refractivity contribution in [2.45, 2.75) is 26.9 Å². The molecule has 2 heterocycles. The Labute approximate surface area is 116 Å². The number of fused-ring (bicyclic) bond motifs is 1. The van der Waals surface area contributed by atoms with Gasteiger partial charge in [-0.05, 0) is 25.0 Å². The number of imidazole rings is 1. The van der Waals surface area contributed by atoms with Crippen molar-refractivity contribution in [1.29, 1.82) is 0 Å². The van der Waals surface area contributed by atoms with Crippen LogP contribution in [-0.4, -0.2) is 32.2 Å². The van der Waals surface area contributed by atoms with Crippen LogP contribution in [0.3, 0.4) is 0 Å². The van der Waals surface area contributed by atoms with Crippen LogP contribution in [0.4, 0.5) is 5.82 Å². The molecular weight excluding hydrogens is 260 g/mol. The van der Waals surface area contributed by atoms with Crippen LogP contribution in [0.1, 0.15) is 23.9 Å². The van der Waals surface area contributed by atoms with E-state index >= 15 is 0 Å². The molecule has 0 aliphatic rings. The molecule has 2 aromatic heterocycles. The first-order valence-electron chi connectivity index (χ1n) is 6.39. The van der Waals surface area contributed by atoms with Gasteiger partial charge in [0.25, 0.3) is 5.91 Å². The molecule has 2 rings (SSSR count). The average molecular weight is 278 g/mol. The van der Waals surface area contributed by atoms with E-state index in [0.717, 1.165) is 23.3 Å². The van der Waals surface area contributed by atoms with Crippen molar-refractivity contribution < 1.29 is 15.1 Å². The highest BCUT2D eigenvalue weighted by molar-refractivity contribution is 5.79. The summed E-state index contributed by atoms with van der Waals surface area (Å²) in [5, 5.41) is 20.9. The monoisotopic (exact) mass is 278 g/mol. The molecule has 108 valence electrons. The van der Waals surface area contributed by atoms with Gasteiger partial charge in [0.1, 0.15) is 5.65 Å². The second-order valence-electron chi connectivity index (χ2n) is 4.47. The van der Waals surface area contributed by atoms with Crippen molar-refractivity contribution in [3.63, 3.8) is 0 Å². The molecule has 20 heavy (non-hydrogen) atoms. The van der Waals surface area contributed by atoms with Crippen molar-refractivity contribution >= 4 is 17.4 Å². The molecule has 0 saturated heterocycles. The van der Waals surface area contributed by atoms with E-state index in [0.29, 0.717) is 11.5 Å². The Morgan fingerprint density at radius 1 is 1.45 bits per heavy atom. The lowest BCUT2D eigenvalue weighted by Gasteiger charge is -2.07. The minimum absolute atomic E-state index is 0.117. The van der Waals surface area contributed by atoms with E-state index in [4.69, 9.17) is 5.21 Å². The van der Waals surface area contributed by atoms with Crippen molar-refractivity contribution in [2.24, 2.45) is 0 Å².